The normalized spacial score (nSPS) is 15.0. The molecule has 1 aromatic carbocycles. The standard InChI is InChI=1S/C19H27N5O4S.ClH/c1-21-17(14-18(25)22(2)19(21)26)24-12-10-23(11-13-24)9-8-15-4-6-16(7-5-15)20-29(3,27)28;/h4-7,14,20H,8-13H2,1-3H3;1H. The van der Waals surface area contributed by atoms with Crippen molar-refractivity contribution in [3.05, 3.63) is 56.7 Å². The maximum atomic E-state index is 12.1. The monoisotopic (exact) mass is 457 g/mol. The number of anilines is 2. The molecule has 1 saturated heterocycles. The van der Waals surface area contributed by atoms with E-state index in [2.05, 4.69) is 14.5 Å². The van der Waals surface area contributed by atoms with Crippen molar-refractivity contribution >= 4 is 33.9 Å². The second kappa shape index (κ2) is 9.67. The van der Waals surface area contributed by atoms with Gasteiger partial charge < -0.3 is 4.90 Å². The van der Waals surface area contributed by atoms with E-state index in [0.717, 1.165) is 55.5 Å². The summed E-state index contributed by atoms with van der Waals surface area (Å²) in [7, 11) is -0.0950. The summed E-state index contributed by atoms with van der Waals surface area (Å²) in [5.74, 6) is 0.659. The van der Waals surface area contributed by atoms with E-state index >= 15 is 0 Å². The van der Waals surface area contributed by atoms with Crippen LogP contribution in [0.3, 0.4) is 0 Å². The molecule has 1 aliphatic rings. The van der Waals surface area contributed by atoms with E-state index < -0.39 is 10.0 Å². The van der Waals surface area contributed by atoms with Crippen LogP contribution in [0.1, 0.15) is 5.56 Å². The molecule has 0 saturated carbocycles. The van der Waals surface area contributed by atoms with Gasteiger partial charge in [-0.25, -0.2) is 13.2 Å². The van der Waals surface area contributed by atoms with E-state index in [1.165, 1.54) is 17.7 Å². The Balaban J connectivity index is 0.00000320. The van der Waals surface area contributed by atoms with Crippen molar-refractivity contribution in [1.82, 2.24) is 14.0 Å². The molecule has 166 valence electrons. The molecule has 1 N–H and O–H groups in total. The molecule has 11 heteroatoms. The lowest BCUT2D eigenvalue weighted by Gasteiger charge is -2.36. The quantitative estimate of drug-likeness (QED) is 0.667. The number of rotatable bonds is 6. The Hall–Kier alpha value is -2.30. The van der Waals surface area contributed by atoms with Crippen LogP contribution in [0.15, 0.2) is 39.9 Å². The largest absolute Gasteiger partial charge is 0.355 e. The average Bonchev–Trinajstić information content (AvgIpc) is 2.68. The number of nitrogens with zero attached hydrogens (tertiary/aromatic N) is 4. The van der Waals surface area contributed by atoms with Gasteiger partial charge in [0, 0.05) is 58.6 Å². The molecule has 0 unspecified atom stereocenters. The summed E-state index contributed by atoms with van der Waals surface area (Å²) in [5.41, 5.74) is 1.09. The molecule has 0 radical (unpaired) electrons. The van der Waals surface area contributed by atoms with Crippen molar-refractivity contribution in [1.29, 1.82) is 0 Å². The van der Waals surface area contributed by atoms with E-state index in [0.29, 0.717) is 11.5 Å². The number of benzene rings is 1. The zero-order valence-corrected chi connectivity index (χ0v) is 19.0. The van der Waals surface area contributed by atoms with Gasteiger partial charge in [-0.15, -0.1) is 12.4 Å². The number of halogens is 1. The fourth-order valence-corrected chi connectivity index (χ4v) is 4.03. The maximum absolute atomic E-state index is 12.1. The Morgan fingerprint density at radius 2 is 1.57 bits per heavy atom. The molecule has 2 heterocycles. The first-order valence-electron chi connectivity index (χ1n) is 9.45. The second-order valence-electron chi connectivity index (χ2n) is 7.39. The van der Waals surface area contributed by atoms with Gasteiger partial charge in [-0.1, -0.05) is 12.1 Å². The van der Waals surface area contributed by atoms with Gasteiger partial charge in [-0.2, -0.15) is 0 Å². The first-order chi connectivity index (χ1) is 13.6. The van der Waals surface area contributed by atoms with E-state index in [1.54, 1.807) is 19.2 Å². The third kappa shape index (κ3) is 5.87. The minimum Gasteiger partial charge on any atom is -0.355 e. The van der Waals surface area contributed by atoms with Crippen LogP contribution < -0.4 is 20.9 Å². The average molecular weight is 458 g/mol. The van der Waals surface area contributed by atoms with Gasteiger partial charge in [0.05, 0.1) is 6.26 Å². The van der Waals surface area contributed by atoms with E-state index in [-0.39, 0.29) is 23.7 Å². The Labute approximate surface area is 182 Å². The lowest BCUT2D eigenvalue weighted by atomic mass is 10.1. The highest BCUT2D eigenvalue weighted by atomic mass is 35.5. The van der Waals surface area contributed by atoms with Crippen molar-refractivity contribution in [2.75, 3.05) is 48.6 Å². The smallest absolute Gasteiger partial charge is 0.332 e. The van der Waals surface area contributed by atoms with E-state index in [9.17, 15) is 18.0 Å². The van der Waals surface area contributed by atoms with Crippen LogP contribution in [-0.2, 0) is 30.5 Å². The van der Waals surface area contributed by atoms with Crippen LogP contribution in [0.2, 0.25) is 0 Å². The molecule has 1 fully saturated rings. The van der Waals surface area contributed by atoms with Crippen LogP contribution >= 0.6 is 12.4 Å². The molecule has 3 rings (SSSR count). The van der Waals surface area contributed by atoms with Gasteiger partial charge >= 0.3 is 5.69 Å². The fourth-order valence-electron chi connectivity index (χ4n) is 3.47. The van der Waals surface area contributed by atoms with Crippen molar-refractivity contribution in [2.24, 2.45) is 14.1 Å². The van der Waals surface area contributed by atoms with Crippen molar-refractivity contribution in [2.45, 2.75) is 6.42 Å². The summed E-state index contributed by atoms with van der Waals surface area (Å²) in [6.45, 7) is 4.08. The van der Waals surface area contributed by atoms with Crippen LogP contribution in [0.25, 0.3) is 0 Å². The predicted molar refractivity (Wildman–Crippen MR) is 121 cm³/mol. The van der Waals surface area contributed by atoms with Gasteiger partial charge in [0.2, 0.25) is 10.0 Å². The van der Waals surface area contributed by atoms with Crippen molar-refractivity contribution in [3.63, 3.8) is 0 Å². The molecule has 2 aromatic rings. The number of piperazine rings is 1. The van der Waals surface area contributed by atoms with Gasteiger partial charge in [-0.05, 0) is 24.1 Å². The highest BCUT2D eigenvalue weighted by molar-refractivity contribution is 7.92. The van der Waals surface area contributed by atoms with Crippen molar-refractivity contribution < 1.29 is 8.42 Å². The second-order valence-corrected chi connectivity index (χ2v) is 9.14. The van der Waals surface area contributed by atoms with Gasteiger partial charge in [0.15, 0.2) is 0 Å². The summed E-state index contributed by atoms with van der Waals surface area (Å²) >= 11 is 0. The molecule has 0 aliphatic carbocycles. The number of aromatic nitrogens is 2. The number of hydrogen-bond acceptors (Lipinski definition) is 6. The predicted octanol–water partition coefficient (Wildman–Crippen LogP) is 0.242. The Morgan fingerprint density at radius 3 is 2.13 bits per heavy atom. The number of nitrogens with one attached hydrogen (secondary N) is 1. The van der Waals surface area contributed by atoms with Gasteiger partial charge in [-0.3, -0.25) is 23.6 Å². The van der Waals surface area contributed by atoms with Gasteiger partial charge in [0.25, 0.3) is 5.56 Å². The molecule has 30 heavy (non-hydrogen) atoms. The minimum absolute atomic E-state index is 0. The van der Waals surface area contributed by atoms with E-state index in [1.807, 2.05) is 12.1 Å². The lowest BCUT2D eigenvalue weighted by Crippen LogP contribution is -2.49. The zero-order valence-electron chi connectivity index (χ0n) is 17.4. The molecule has 1 aliphatic heterocycles. The molecule has 0 amide bonds. The molecule has 9 nitrogen and oxygen atoms in total. The van der Waals surface area contributed by atoms with Gasteiger partial charge in [0.1, 0.15) is 5.82 Å². The lowest BCUT2D eigenvalue weighted by molar-refractivity contribution is 0.259. The highest BCUT2D eigenvalue weighted by Gasteiger charge is 2.20. The number of sulfonamides is 1. The summed E-state index contributed by atoms with van der Waals surface area (Å²) in [6, 6.07) is 8.91. The van der Waals surface area contributed by atoms with Crippen LogP contribution in [0, 0.1) is 0 Å². The maximum Gasteiger partial charge on any atom is 0.332 e. The molecule has 0 atom stereocenters. The minimum atomic E-state index is -3.26. The van der Waals surface area contributed by atoms with Crippen LogP contribution in [0.5, 0.6) is 0 Å². The molecular formula is C19H28ClN5O4S. The first-order valence-corrected chi connectivity index (χ1v) is 11.3. The Morgan fingerprint density at radius 1 is 0.967 bits per heavy atom. The Bertz CT molecular complexity index is 1090. The third-order valence-electron chi connectivity index (χ3n) is 5.17. The topological polar surface area (TPSA) is 96.7 Å². The SMILES string of the molecule is Cl.Cn1c(N2CCN(CCc3ccc(NS(C)(=O)=O)cc3)CC2)cc(=O)n(C)c1=O. The molecule has 0 spiro atoms. The van der Waals surface area contributed by atoms with Crippen molar-refractivity contribution in [3.8, 4) is 0 Å². The fraction of sp³-hybridized carbons (Fsp3) is 0.474. The van der Waals surface area contributed by atoms with E-state index in [4.69, 9.17) is 0 Å². The summed E-state index contributed by atoms with van der Waals surface area (Å²) in [5, 5.41) is 0. The number of hydrogen-bond donors (Lipinski definition) is 1. The van der Waals surface area contributed by atoms with Crippen LogP contribution in [0.4, 0.5) is 11.5 Å². The Kier molecular flexibility index (Phi) is 7.73. The van der Waals surface area contributed by atoms with Crippen LogP contribution in [-0.4, -0.2) is 61.4 Å². The third-order valence-corrected chi connectivity index (χ3v) is 5.78. The first kappa shape index (κ1) is 24.0. The molecule has 1 aromatic heterocycles. The summed E-state index contributed by atoms with van der Waals surface area (Å²) in [6.07, 6.45) is 2.00. The highest BCUT2D eigenvalue weighted by Crippen LogP contribution is 2.14. The summed E-state index contributed by atoms with van der Waals surface area (Å²) in [4.78, 5) is 28.5. The zero-order chi connectivity index (χ0) is 21.2. The molecular weight excluding hydrogens is 430 g/mol. The molecule has 0 bridgehead atoms. The summed E-state index contributed by atoms with van der Waals surface area (Å²) < 4.78 is 27.6.